The molecule has 0 saturated carbocycles. The van der Waals surface area contributed by atoms with Crippen LogP contribution in [-0.2, 0) is 4.74 Å². The van der Waals surface area contributed by atoms with Crippen molar-refractivity contribution in [3.63, 3.8) is 0 Å². The Hall–Kier alpha value is -0.830. The van der Waals surface area contributed by atoms with E-state index < -0.39 is 5.72 Å². The molecule has 1 aliphatic rings. The van der Waals surface area contributed by atoms with Gasteiger partial charge in [-0.25, -0.2) is 0 Å². The van der Waals surface area contributed by atoms with E-state index in [0.29, 0.717) is 6.42 Å². The highest BCUT2D eigenvalue weighted by Crippen LogP contribution is 2.08. The van der Waals surface area contributed by atoms with Crippen LogP contribution in [0.3, 0.4) is 0 Å². The first-order valence-electron chi connectivity index (χ1n) is 2.84. The van der Waals surface area contributed by atoms with Gasteiger partial charge in [-0.2, -0.15) is 0 Å². The van der Waals surface area contributed by atoms with Gasteiger partial charge in [-0.05, 0) is 6.92 Å². The van der Waals surface area contributed by atoms with Gasteiger partial charge in [-0.15, -0.1) is 0 Å². The van der Waals surface area contributed by atoms with Crippen molar-refractivity contribution in [1.82, 2.24) is 0 Å². The molecule has 50 valence electrons. The summed E-state index contributed by atoms with van der Waals surface area (Å²) in [5.74, 6) is 0. The topological polar surface area (TPSA) is 47.6 Å². The summed E-state index contributed by atoms with van der Waals surface area (Å²) in [6.07, 6.45) is 5.48. The fraction of sp³-hybridized carbons (Fsp3) is 0.500. The third-order valence-electron chi connectivity index (χ3n) is 1.09. The summed E-state index contributed by atoms with van der Waals surface area (Å²) in [6, 6.07) is 0. The Morgan fingerprint density at radius 1 is 1.78 bits per heavy atom. The molecule has 0 aromatic heterocycles. The van der Waals surface area contributed by atoms with Crippen LogP contribution in [0.4, 0.5) is 0 Å². The van der Waals surface area contributed by atoms with Crippen LogP contribution in [-0.4, -0.2) is 11.9 Å². The van der Waals surface area contributed by atoms with Gasteiger partial charge in [0.1, 0.15) is 6.26 Å². The van der Waals surface area contributed by atoms with Crippen molar-refractivity contribution in [2.24, 2.45) is 10.7 Å². The Labute approximate surface area is 54.2 Å². The molecule has 0 aromatic rings. The van der Waals surface area contributed by atoms with Gasteiger partial charge in [-0.3, -0.25) is 10.7 Å². The fourth-order valence-electron chi connectivity index (χ4n) is 0.564. The van der Waals surface area contributed by atoms with Crippen molar-refractivity contribution in [3.05, 3.63) is 12.5 Å². The number of aliphatic imine (C=N–C) groups is 1. The molecule has 9 heavy (non-hydrogen) atoms. The molecule has 2 N–H and O–H groups in total. The summed E-state index contributed by atoms with van der Waals surface area (Å²) in [5, 5.41) is 0. The van der Waals surface area contributed by atoms with Crippen LogP contribution in [0.5, 0.6) is 0 Å². The molecular formula is C6H10N2O. The third kappa shape index (κ3) is 1.85. The van der Waals surface area contributed by atoms with Crippen LogP contribution >= 0.6 is 0 Å². The van der Waals surface area contributed by atoms with Crippen LogP contribution in [0.25, 0.3) is 0 Å². The summed E-state index contributed by atoms with van der Waals surface area (Å²) in [6.45, 7) is 1.81. The molecule has 0 fully saturated rings. The number of rotatable bonds is 0. The summed E-state index contributed by atoms with van der Waals surface area (Å²) in [7, 11) is 0. The average Bonchev–Trinajstić information content (AvgIpc) is 1.92. The SMILES string of the molecule is CC1(N)CC=NC=CO1. The first-order chi connectivity index (χ1) is 4.21. The van der Waals surface area contributed by atoms with E-state index >= 15 is 0 Å². The minimum absolute atomic E-state index is 0.573. The zero-order valence-electron chi connectivity index (χ0n) is 5.37. The molecule has 1 rings (SSSR count). The molecule has 1 aliphatic heterocycles. The van der Waals surface area contributed by atoms with Crippen LogP contribution in [0, 0.1) is 0 Å². The van der Waals surface area contributed by atoms with Gasteiger partial charge in [-0.1, -0.05) is 0 Å². The molecule has 1 unspecified atom stereocenters. The minimum Gasteiger partial charge on any atom is -0.479 e. The second-order valence-electron chi connectivity index (χ2n) is 2.25. The highest BCUT2D eigenvalue weighted by Gasteiger charge is 2.16. The highest BCUT2D eigenvalue weighted by molar-refractivity contribution is 5.59. The summed E-state index contributed by atoms with van der Waals surface area (Å²) in [4.78, 5) is 3.86. The first-order valence-corrected chi connectivity index (χ1v) is 2.84. The number of nitrogens with two attached hydrogens (primary N) is 1. The Kier molecular flexibility index (Phi) is 1.53. The molecular weight excluding hydrogens is 116 g/mol. The minimum atomic E-state index is -0.573. The van der Waals surface area contributed by atoms with Crippen molar-refractivity contribution in [3.8, 4) is 0 Å². The van der Waals surface area contributed by atoms with E-state index in [0.717, 1.165) is 0 Å². The lowest BCUT2D eigenvalue weighted by Gasteiger charge is -2.20. The van der Waals surface area contributed by atoms with Crippen LogP contribution in [0.1, 0.15) is 13.3 Å². The van der Waals surface area contributed by atoms with E-state index in [-0.39, 0.29) is 0 Å². The van der Waals surface area contributed by atoms with E-state index in [4.69, 9.17) is 10.5 Å². The van der Waals surface area contributed by atoms with Crippen molar-refractivity contribution >= 4 is 6.21 Å². The van der Waals surface area contributed by atoms with Gasteiger partial charge in [0, 0.05) is 12.6 Å². The van der Waals surface area contributed by atoms with Gasteiger partial charge in [0.05, 0.1) is 6.20 Å². The van der Waals surface area contributed by atoms with Gasteiger partial charge >= 0.3 is 0 Å². The molecule has 0 spiro atoms. The van der Waals surface area contributed by atoms with E-state index in [1.165, 1.54) is 6.26 Å². The summed E-state index contributed by atoms with van der Waals surface area (Å²) >= 11 is 0. The van der Waals surface area contributed by atoms with Crippen molar-refractivity contribution in [2.45, 2.75) is 19.1 Å². The Morgan fingerprint density at radius 3 is 3.33 bits per heavy atom. The lowest BCUT2D eigenvalue weighted by Crippen LogP contribution is -2.37. The van der Waals surface area contributed by atoms with Gasteiger partial charge < -0.3 is 4.74 Å². The molecule has 1 atom stereocenters. The number of nitrogens with zero attached hydrogens (tertiary/aromatic N) is 1. The van der Waals surface area contributed by atoms with Crippen LogP contribution in [0.15, 0.2) is 17.5 Å². The molecule has 0 saturated heterocycles. The van der Waals surface area contributed by atoms with Crippen molar-refractivity contribution in [1.29, 1.82) is 0 Å². The molecule has 0 aliphatic carbocycles. The lowest BCUT2D eigenvalue weighted by atomic mass is 10.2. The van der Waals surface area contributed by atoms with Gasteiger partial charge in [0.25, 0.3) is 0 Å². The molecule has 0 amide bonds. The van der Waals surface area contributed by atoms with Gasteiger partial charge in [0.15, 0.2) is 5.72 Å². The first kappa shape index (κ1) is 6.29. The second-order valence-corrected chi connectivity index (χ2v) is 2.25. The van der Waals surface area contributed by atoms with E-state index in [1.54, 1.807) is 12.4 Å². The molecule has 3 nitrogen and oxygen atoms in total. The van der Waals surface area contributed by atoms with Crippen molar-refractivity contribution in [2.75, 3.05) is 0 Å². The number of ether oxygens (including phenoxy) is 1. The standard InChI is InChI=1S/C6H10N2O/c1-6(7)2-3-8-4-5-9-6/h3-5H,2,7H2,1H3. The molecule has 1 heterocycles. The van der Waals surface area contributed by atoms with E-state index in [1.807, 2.05) is 6.92 Å². The predicted molar refractivity (Wildman–Crippen MR) is 35.9 cm³/mol. The Bertz CT molecular complexity index is 133. The molecule has 0 aromatic carbocycles. The third-order valence-corrected chi connectivity index (χ3v) is 1.09. The maximum atomic E-state index is 5.61. The normalized spacial score (nSPS) is 33.6. The van der Waals surface area contributed by atoms with E-state index in [2.05, 4.69) is 4.99 Å². The monoisotopic (exact) mass is 126 g/mol. The molecule has 0 radical (unpaired) electrons. The predicted octanol–water partition coefficient (Wildman–Crippen LogP) is 0.624. The quantitative estimate of drug-likeness (QED) is 0.517. The summed E-state index contributed by atoms with van der Waals surface area (Å²) in [5.41, 5.74) is 5.04. The zero-order chi connectivity index (χ0) is 6.74. The second kappa shape index (κ2) is 2.19. The Morgan fingerprint density at radius 2 is 2.56 bits per heavy atom. The van der Waals surface area contributed by atoms with Crippen LogP contribution in [0.2, 0.25) is 0 Å². The summed E-state index contributed by atoms with van der Waals surface area (Å²) < 4.78 is 5.06. The van der Waals surface area contributed by atoms with Crippen LogP contribution < -0.4 is 5.73 Å². The smallest absolute Gasteiger partial charge is 0.159 e. The highest BCUT2D eigenvalue weighted by atomic mass is 16.5. The fourth-order valence-corrected chi connectivity index (χ4v) is 0.564. The molecule has 3 heteroatoms. The lowest BCUT2D eigenvalue weighted by molar-refractivity contribution is 0.0551. The number of hydrogen-bond donors (Lipinski definition) is 1. The zero-order valence-corrected chi connectivity index (χ0v) is 5.37. The van der Waals surface area contributed by atoms with Crippen molar-refractivity contribution < 1.29 is 4.74 Å². The van der Waals surface area contributed by atoms with Gasteiger partial charge in [0.2, 0.25) is 0 Å². The van der Waals surface area contributed by atoms with E-state index in [9.17, 15) is 0 Å². The average molecular weight is 126 g/mol. The molecule has 0 bridgehead atoms. The Balaban J connectivity index is 2.61. The maximum absolute atomic E-state index is 5.61. The largest absolute Gasteiger partial charge is 0.479 e. The number of hydrogen-bond acceptors (Lipinski definition) is 3. The maximum Gasteiger partial charge on any atom is 0.159 e.